The molecule has 0 aliphatic carbocycles. The minimum absolute atomic E-state index is 0. The van der Waals surface area contributed by atoms with Gasteiger partial charge in [-0.3, -0.25) is 4.79 Å². The number of halogens is 1. The molecule has 0 spiro atoms. The fraction of sp³-hybridized carbons (Fsp3) is 0.611. The standard InChI is InChI=1S/C18H28N2O3.ClH/c1-19-10-7-16-8-11-20(12-9-16)18(21)15-22-13-14-23-17-5-3-2-4-6-17;/h2-6,16,19H,7-15H2,1H3;1H. The Morgan fingerprint density at radius 3 is 2.58 bits per heavy atom. The van der Waals surface area contributed by atoms with Crippen molar-refractivity contribution in [3.05, 3.63) is 30.3 Å². The maximum Gasteiger partial charge on any atom is 0.248 e. The molecule has 1 N–H and O–H groups in total. The number of nitrogens with one attached hydrogen (secondary N) is 1. The summed E-state index contributed by atoms with van der Waals surface area (Å²) in [6.45, 7) is 3.82. The van der Waals surface area contributed by atoms with Crippen molar-refractivity contribution in [2.75, 3.05) is 46.5 Å². The Labute approximate surface area is 151 Å². The average Bonchev–Trinajstić information content (AvgIpc) is 2.61. The zero-order valence-electron chi connectivity index (χ0n) is 14.4. The Morgan fingerprint density at radius 2 is 1.92 bits per heavy atom. The molecule has 1 amide bonds. The van der Waals surface area contributed by atoms with Crippen LogP contribution in [0.3, 0.4) is 0 Å². The first-order valence-corrected chi connectivity index (χ1v) is 8.47. The SMILES string of the molecule is CNCCC1CCN(C(=O)COCCOc2ccccc2)CC1.Cl. The number of carbonyl (C=O) groups is 1. The minimum Gasteiger partial charge on any atom is -0.491 e. The molecule has 2 rings (SSSR count). The molecule has 1 aliphatic rings. The summed E-state index contributed by atoms with van der Waals surface area (Å²) in [5, 5.41) is 3.19. The monoisotopic (exact) mass is 356 g/mol. The number of ether oxygens (including phenoxy) is 2. The Morgan fingerprint density at radius 1 is 1.21 bits per heavy atom. The van der Waals surface area contributed by atoms with Gasteiger partial charge in [0.05, 0.1) is 6.61 Å². The van der Waals surface area contributed by atoms with Gasteiger partial charge >= 0.3 is 0 Å². The molecule has 1 saturated heterocycles. The van der Waals surface area contributed by atoms with Crippen molar-refractivity contribution in [2.24, 2.45) is 5.92 Å². The second-order valence-corrected chi connectivity index (χ2v) is 5.93. The number of rotatable bonds is 9. The molecule has 0 saturated carbocycles. The van der Waals surface area contributed by atoms with Gasteiger partial charge in [-0.1, -0.05) is 18.2 Å². The maximum atomic E-state index is 12.1. The first kappa shape index (κ1) is 20.7. The predicted octanol–water partition coefficient (Wildman–Crippen LogP) is 2.35. The predicted molar refractivity (Wildman–Crippen MR) is 97.9 cm³/mol. The minimum atomic E-state index is 0. The highest BCUT2D eigenvalue weighted by molar-refractivity contribution is 5.85. The van der Waals surface area contributed by atoms with Crippen molar-refractivity contribution in [3.63, 3.8) is 0 Å². The molecule has 6 heteroatoms. The number of para-hydroxylation sites is 1. The van der Waals surface area contributed by atoms with E-state index in [4.69, 9.17) is 9.47 Å². The average molecular weight is 357 g/mol. The van der Waals surface area contributed by atoms with Gasteiger partial charge in [0.25, 0.3) is 0 Å². The van der Waals surface area contributed by atoms with Crippen LogP contribution >= 0.6 is 12.4 Å². The number of benzene rings is 1. The quantitative estimate of drug-likeness (QED) is 0.690. The molecule has 1 fully saturated rings. The molecule has 136 valence electrons. The van der Waals surface area contributed by atoms with Gasteiger partial charge < -0.3 is 19.7 Å². The van der Waals surface area contributed by atoms with Crippen molar-refractivity contribution in [1.82, 2.24) is 10.2 Å². The van der Waals surface area contributed by atoms with Crippen LogP contribution < -0.4 is 10.1 Å². The number of likely N-dealkylation sites (tertiary alicyclic amines) is 1. The van der Waals surface area contributed by atoms with Crippen molar-refractivity contribution < 1.29 is 14.3 Å². The van der Waals surface area contributed by atoms with E-state index in [1.165, 1.54) is 6.42 Å². The van der Waals surface area contributed by atoms with Crippen LogP contribution in [0.15, 0.2) is 30.3 Å². The second-order valence-electron chi connectivity index (χ2n) is 5.93. The third-order valence-electron chi connectivity index (χ3n) is 4.23. The molecule has 1 aromatic carbocycles. The summed E-state index contributed by atoms with van der Waals surface area (Å²) < 4.78 is 11.0. The van der Waals surface area contributed by atoms with Crippen molar-refractivity contribution >= 4 is 18.3 Å². The van der Waals surface area contributed by atoms with E-state index in [1.807, 2.05) is 42.3 Å². The van der Waals surface area contributed by atoms with Crippen LogP contribution in [0.2, 0.25) is 0 Å². The number of amides is 1. The van der Waals surface area contributed by atoms with E-state index >= 15 is 0 Å². The van der Waals surface area contributed by atoms with E-state index in [0.29, 0.717) is 13.2 Å². The molecule has 0 atom stereocenters. The lowest BCUT2D eigenvalue weighted by Gasteiger charge is -2.32. The summed E-state index contributed by atoms with van der Waals surface area (Å²) in [4.78, 5) is 14.0. The van der Waals surface area contributed by atoms with Gasteiger partial charge in [0.15, 0.2) is 0 Å². The van der Waals surface area contributed by atoms with Gasteiger partial charge in [-0.05, 0) is 50.9 Å². The molecule has 0 bridgehead atoms. The highest BCUT2D eigenvalue weighted by Crippen LogP contribution is 2.20. The van der Waals surface area contributed by atoms with E-state index in [9.17, 15) is 4.79 Å². The topological polar surface area (TPSA) is 50.8 Å². The Hall–Kier alpha value is -1.30. The molecule has 1 heterocycles. The molecule has 24 heavy (non-hydrogen) atoms. The van der Waals surface area contributed by atoms with Gasteiger partial charge in [0, 0.05) is 13.1 Å². The van der Waals surface area contributed by atoms with Gasteiger partial charge in [-0.15, -0.1) is 12.4 Å². The van der Waals surface area contributed by atoms with Crippen molar-refractivity contribution in [3.8, 4) is 5.75 Å². The maximum absolute atomic E-state index is 12.1. The van der Waals surface area contributed by atoms with Crippen LogP contribution in [-0.4, -0.2) is 57.3 Å². The molecule has 0 radical (unpaired) electrons. The summed E-state index contributed by atoms with van der Waals surface area (Å²) >= 11 is 0. The first-order valence-electron chi connectivity index (χ1n) is 8.47. The molecular weight excluding hydrogens is 328 g/mol. The molecule has 0 aromatic heterocycles. The lowest BCUT2D eigenvalue weighted by atomic mass is 9.93. The van der Waals surface area contributed by atoms with Crippen molar-refractivity contribution in [1.29, 1.82) is 0 Å². The Balaban J connectivity index is 0.00000288. The third kappa shape index (κ3) is 7.51. The molecule has 1 aliphatic heterocycles. The van der Waals surface area contributed by atoms with Gasteiger partial charge in [-0.25, -0.2) is 0 Å². The number of piperidine rings is 1. The van der Waals surface area contributed by atoms with Crippen LogP contribution in [-0.2, 0) is 9.53 Å². The smallest absolute Gasteiger partial charge is 0.248 e. The molecular formula is C18H29ClN2O3. The van der Waals surface area contributed by atoms with E-state index in [1.54, 1.807) is 0 Å². The van der Waals surface area contributed by atoms with Crippen LogP contribution in [0.25, 0.3) is 0 Å². The van der Waals surface area contributed by atoms with Crippen LogP contribution in [0.5, 0.6) is 5.75 Å². The molecule has 1 aromatic rings. The van der Waals surface area contributed by atoms with Gasteiger partial charge in [-0.2, -0.15) is 0 Å². The lowest BCUT2D eigenvalue weighted by molar-refractivity contribution is -0.137. The molecule has 0 unspecified atom stereocenters. The summed E-state index contributed by atoms with van der Waals surface area (Å²) in [5.41, 5.74) is 0. The number of carbonyl (C=O) groups excluding carboxylic acids is 1. The number of hydrogen-bond donors (Lipinski definition) is 1. The zero-order chi connectivity index (χ0) is 16.3. The van der Waals surface area contributed by atoms with E-state index in [0.717, 1.165) is 44.1 Å². The lowest BCUT2D eigenvalue weighted by Crippen LogP contribution is -2.41. The third-order valence-corrected chi connectivity index (χ3v) is 4.23. The van der Waals surface area contributed by atoms with Gasteiger partial charge in [0.2, 0.25) is 5.91 Å². The van der Waals surface area contributed by atoms with Crippen LogP contribution in [0.1, 0.15) is 19.3 Å². The number of hydrogen-bond acceptors (Lipinski definition) is 4. The fourth-order valence-electron chi connectivity index (χ4n) is 2.81. The summed E-state index contributed by atoms with van der Waals surface area (Å²) in [5.74, 6) is 1.66. The van der Waals surface area contributed by atoms with Gasteiger partial charge in [0.1, 0.15) is 19.0 Å². The summed E-state index contributed by atoms with van der Waals surface area (Å²) in [6, 6.07) is 9.62. The van der Waals surface area contributed by atoms with Crippen LogP contribution in [0.4, 0.5) is 0 Å². The highest BCUT2D eigenvalue weighted by Gasteiger charge is 2.22. The zero-order valence-corrected chi connectivity index (χ0v) is 15.2. The Kier molecular flexibility index (Phi) is 10.5. The summed E-state index contributed by atoms with van der Waals surface area (Å²) in [6.07, 6.45) is 3.40. The highest BCUT2D eigenvalue weighted by atomic mass is 35.5. The molecule has 5 nitrogen and oxygen atoms in total. The van der Waals surface area contributed by atoms with E-state index in [2.05, 4.69) is 5.32 Å². The first-order chi connectivity index (χ1) is 11.3. The summed E-state index contributed by atoms with van der Waals surface area (Å²) in [7, 11) is 1.98. The Bertz CT molecular complexity index is 451. The number of nitrogens with zero attached hydrogens (tertiary/aromatic N) is 1. The second kappa shape index (κ2) is 12.1. The van der Waals surface area contributed by atoms with Crippen molar-refractivity contribution in [2.45, 2.75) is 19.3 Å². The van der Waals surface area contributed by atoms with Crippen LogP contribution in [0, 0.1) is 5.92 Å². The normalized spacial score (nSPS) is 15.0. The van der Waals surface area contributed by atoms with E-state index in [-0.39, 0.29) is 24.9 Å². The van der Waals surface area contributed by atoms with E-state index < -0.39 is 0 Å². The largest absolute Gasteiger partial charge is 0.491 e. The fourth-order valence-corrected chi connectivity index (χ4v) is 2.81.